The molecule has 1 aliphatic rings. The van der Waals surface area contributed by atoms with Gasteiger partial charge in [0.2, 0.25) is 0 Å². The second-order valence-electron chi connectivity index (χ2n) is 5.69. The lowest BCUT2D eigenvalue weighted by molar-refractivity contribution is -0.125. The molecule has 5 heteroatoms. The van der Waals surface area contributed by atoms with Crippen LogP contribution in [0.4, 0.5) is 5.69 Å². The molecule has 1 N–H and O–H groups in total. The molecule has 0 aliphatic carbocycles. The van der Waals surface area contributed by atoms with Gasteiger partial charge in [0.05, 0.1) is 5.56 Å². The van der Waals surface area contributed by atoms with Gasteiger partial charge in [-0.1, -0.05) is 17.7 Å². The van der Waals surface area contributed by atoms with Crippen LogP contribution in [0.2, 0.25) is 5.02 Å². The van der Waals surface area contributed by atoms with Crippen molar-refractivity contribution in [3.63, 3.8) is 0 Å². The Hall–Kier alpha value is -2.33. The summed E-state index contributed by atoms with van der Waals surface area (Å²) in [6, 6.07) is 10.6. The van der Waals surface area contributed by atoms with Gasteiger partial charge < -0.3 is 10.1 Å². The Balaban J connectivity index is 1.78. The number of rotatable bonds is 2. The predicted molar refractivity (Wildman–Crippen MR) is 88.9 cm³/mol. The molecule has 1 aliphatic heterocycles. The molecule has 0 saturated heterocycles. The number of amides is 1. The third-order valence-electron chi connectivity index (χ3n) is 4.01. The van der Waals surface area contributed by atoms with E-state index in [2.05, 4.69) is 5.32 Å². The van der Waals surface area contributed by atoms with E-state index < -0.39 is 12.1 Å². The Labute approximate surface area is 139 Å². The standard InChI is InChI=1S/C18H16ClNO3/c1-10-3-5-14(7-11(10)2)20-17(21)16-9-12-8-13(19)4-6-15(12)18(22)23-16/h3-8,16H,9H2,1-2H3,(H,20,21). The fourth-order valence-electron chi connectivity index (χ4n) is 2.55. The van der Waals surface area contributed by atoms with Gasteiger partial charge in [0.25, 0.3) is 5.91 Å². The molecule has 1 unspecified atom stereocenters. The van der Waals surface area contributed by atoms with E-state index in [0.717, 1.165) is 16.7 Å². The van der Waals surface area contributed by atoms with Crippen LogP contribution in [0.15, 0.2) is 36.4 Å². The SMILES string of the molecule is Cc1ccc(NC(=O)C2Cc3cc(Cl)ccc3C(=O)O2)cc1C. The van der Waals surface area contributed by atoms with E-state index in [9.17, 15) is 9.59 Å². The Kier molecular flexibility index (Phi) is 4.09. The quantitative estimate of drug-likeness (QED) is 0.855. The number of nitrogens with one attached hydrogen (secondary N) is 1. The van der Waals surface area contributed by atoms with Crippen molar-refractivity contribution in [2.45, 2.75) is 26.4 Å². The van der Waals surface area contributed by atoms with Crippen LogP contribution < -0.4 is 5.32 Å². The van der Waals surface area contributed by atoms with Crippen molar-refractivity contribution < 1.29 is 14.3 Å². The summed E-state index contributed by atoms with van der Waals surface area (Å²) in [5, 5.41) is 3.33. The van der Waals surface area contributed by atoms with E-state index in [4.69, 9.17) is 16.3 Å². The predicted octanol–water partition coefficient (Wildman–Crippen LogP) is 3.68. The number of hydrogen-bond donors (Lipinski definition) is 1. The lowest BCUT2D eigenvalue weighted by atomic mass is 9.98. The van der Waals surface area contributed by atoms with Gasteiger partial charge in [-0.3, -0.25) is 4.79 Å². The minimum atomic E-state index is -0.852. The van der Waals surface area contributed by atoms with Gasteiger partial charge in [0.15, 0.2) is 6.10 Å². The monoisotopic (exact) mass is 329 g/mol. The fraction of sp³-hybridized carbons (Fsp3) is 0.222. The first kappa shape index (κ1) is 15.6. The molecule has 0 aromatic heterocycles. The number of carbonyl (C=O) groups excluding carboxylic acids is 2. The van der Waals surface area contributed by atoms with Crippen molar-refractivity contribution in [1.82, 2.24) is 0 Å². The normalized spacial score (nSPS) is 16.5. The molecule has 4 nitrogen and oxygen atoms in total. The molecule has 0 saturated carbocycles. The Morgan fingerprint density at radius 2 is 1.96 bits per heavy atom. The zero-order chi connectivity index (χ0) is 16.6. The lowest BCUT2D eigenvalue weighted by Crippen LogP contribution is -2.38. The second-order valence-corrected chi connectivity index (χ2v) is 6.12. The number of halogens is 1. The van der Waals surface area contributed by atoms with Crippen molar-refractivity contribution in [1.29, 1.82) is 0 Å². The van der Waals surface area contributed by atoms with Crippen LogP contribution >= 0.6 is 11.6 Å². The maximum Gasteiger partial charge on any atom is 0.339 e. The Bertz CT molecular complexity index is 801. The third-order valence-corrected chi connectivity index (χ3v) is 4.24. The summed E-state index contributed by atoms with van der Waals surface area (Å²) < 4.78 is 5.25. The van der Waals surface area contributed by atoms with Crippen LogP contribution in [0.5, 0.6) is 0 Å². The van der Waals surface area contributed by atoms with E-state index in [1.807, 2.05) is 32.0 Å². The summed E-state index contributed by atoms with van der Waals surface area (Å²) in [5.41, 5.74) is 4.11. The summed E-state index contributed by atoms with van der Waals surface area (Å²) in [7, 11) is 0. The number of cyclic esters (lactones) is 1. The number of esters is 1. The molecule has 3 rings (SSSR count). The summed E-state index contributed by atoms with van der Waals surface area (Å²) in [6.45, 7) is 3.98. The fourth-order valence-corrected chi connectivity index (χ4v) is 2.75. The number of fused-ring (bicyclic) bond motifs is 1. The van der Waals surface area contributed by atoms with Gasteiger partial charge in [-0.15, -0.1) is 0 Å². The van der Waals surface area contributed by atoms with Crippen molar-refractivity contribution in [2.75, 3.05) is 5.32 Å². The molecule has 118 valence electrons. The van der Waals surface area contributed by atoms with Crippen LogP contribution in [-0.4, -0.2) is 18.0 Å². The molecule has 0 radical (unpaired) electrons. The molecule has 1 amide bonds. The molecule has 23 heavy (non-hydrogen) atoms. The topological polar surface area (TPSA) is 55.4 Å². The van der Waals surface area contributed by atoms with E-state index >= 15 is 0 Å². The first-order chi connectivity index (χ1) is 10.9. The third kappa shape index (κ3) is 3.22. The smallest absolute Gasteiger partial charge is 0.339 e. The first-order valence-corrected chi connectivity index (χ1v) is 7.69. The highest BCUT2D eigenvalue weighted by Gasteiger charge is 2.31. The molecule has 0 fully saturated rings. The Morgan fingerprint density at radius 1 is 1.17 bits per heavy atom. The summed E-state index contributed by atoms with van der Waals surface area (Å²) in [4.78, 5) is 24.4. The van der Waals surface area contributed by atoms with Crippen LogP contribution in [-0.2, 0) is 16.0 Å². The number of hydrogen-bond acceptors (Lipinski definition) is 3. The lowest BCUT2D eigenvalue weighted by Gasteiger charge is -2.24. The van der Waals surface area contributed by atoms with Crippen molar-refractivity contribution in [2.24, 2.45) is 0 Å². The van der Waals surface area contributed by atoms with Gasteiger partial charge in [0.1, 0.15) is 0 Å². The van der Waals surface area contributed by atoms with Gasteiger partial charge in [-0.25, -0.2) is 4.79 Å². The molecular formula is C18H16ClNO3. The molecule has 1 heterocycles. The zero-order valence-corrected chi connectivity index (χ0v) is 13.6. The number of benzene rings is 2. The molecule has 1 atom stereocenters. The largest absolute Gasteiger partial charge is 0.448 e. The van der Waals surface area contributed by atoms with E-state index in [-0.39, 0.29) is 5.91 Å². The van der Waals surface area contributed by atoms with Gasteiger partial charge in [-0.2, -0.15) is 0 Å². The highest BCUT2D eigenvalue weighted by atomic mass is 35.5. The second kappa shape index (κ2) is 6.05. The highest BCUT2D eigenvalue weighted by molar-refractivity contribution is 6.30. The van der Waals surface area contributed by atoms with Crippen LogP contribution in [0.25, 0.3) is 0 Å². The number of ether oxygens (including phenoxy) is 1. The van der Waals surface area contributed by atoms with Crippen LogP contribution in [0.1, 0.15) is 27.0 Å². The highest BCUT2D eigenvalue weighted by Crippen LogP contribution is 2.25. The van der Waals surface area contributed by atoms with Crippen molar-refractivity contribution in [3.05, 3.63) is 63.7 Å². The number of anilines is 1. The number of aryl methyl sites for hydroxylation is 2. The molecule has 2 aromatic rings. The van der Waals surface area contributed by atoms with E-state index in [1.54, 1.807) is 18.2 Å². The first-order valence-electron chi connectivity index (χ1n) is 7.31. The number of carbonyl (C=O) groups is 2. The van der Waals surface area contributed by atoms with Gasteiger partial charge in [-0.05, 0) is 60.9 Å². The minimum absolute atomic E-state index is 0.318. The zero-order valence-electron chi connectivity index (χ0n) is 12.9. The van der Waals surface area contributed by atoms with E-state index in [0.29, 0.717) is 22.7 Å². The maximum absolute atomic E-state index is 12.4. The van der Waals surface area contributed by atoms with Gasteiger partial charge in [0, 0.05) is 17.1 Å². The van der Waals surface area contributed by atoms with Crippen LogP contribution in [0, 0.1) is 13.8 Å². The summed E-state index contributed by atoms with van der Waals surface area (Å²) >= 11 is 5.96. The van der Waals surface area contributed by atoms with Crippen molar-refractivity contribution >= 4 is 29.2 Å². The maximum atomic E-state index is 12.4. The molecular weight excluding hydrogens is 314 g/mol. The Morgan fingerprint density at radius 3 is 2.70 bits per heavy atom. The van der Waals surface area contributed by atoms with Crippen LogP contribution in [0.3, 0.4) is 0 Å². The minimum Gasteiger partial charge on any atom is -0.448 e. The van der Waals surface area contributed by atoms with E-state index in [1.165, 1.54) is 0 Å². The summed E-state index contributed by atoms with van der Waals surface area (Å²) in [6.07, 6.45) is -0.534. The van der Waals surface area contributed by atoms with Crippen molar-refractivity contribution in [3.8, 4) is 0 Å². The summed E-state index contributed by atoms with van der Waals surface area (Å²) in [5.74, 6) is -0.838. The average molecular weight is 330 g/mol. The average Bonchev–Trinajstić information content (AvgIpc) is 2.50. The molecule has 0 bridgehead atoms. The van der Waals surface area contributed by atoms with Gasteiger partial charge >= 0.3 is 5.97 Å². The molecule has 2 aromatic carbocycles. The molecule has 0 spiro atoms.